The van der Waals surface area contributed by atoms with Crippen LogP contribution in [0, 0.1) is 22.2 Å². The van der Waals surface area contributed by atoms with Crippen LogP contribution in [0.25, 0.3) is 0 Å². The summed E-state index contributed by atoms with van der Waals surface area (Å²) in [5, 5.41) is 12.1. The molecule has 0 aromatic carbocycles. The Balaban J connectivity index is 1.18. The topological polar surface area (TPSA) is 89.3 Å². The van der Waals surface area contributed by atoms with E-state index in [1.165, 1.54) is 31.2 Å². The summed E-state index contributed by atoms with van der Waals surface area (Å²) in [7, 11) is 0. The Hall–Kier alpha value is -2.60. The molecule has 2 saturated carbocycles. The van der Waals surface area contributed by atoms with Crippen molar-refractivity contribution in [3.8, 4) is 6.07 Å². The summed E-state index contributed by atoms with van der Waals surface area (Å²) < 4.78 is 29.5. The van der Waals surface area contributed by atoms with E-state index in [1.807, 2.05) is 0 Å². The van der Waals surface area contributed by atoms with Crippen molar-refractivity contribution in [2.75, 3.05) is 26.2 Å². The number of hydrogen-bond donors (Lipinski definition) is 1. The van der Waals surface area contributed by atoms with E-state index in [0.29, 0.717) is 25.9 Å². The van der Waals surface area contributed by atoms with Gasteiger partial charge in [0.05, 0.1) is 17.5 Å². The normalized spacial score (nSPS) is 23.7. The maximum Gasteiger partial charge on any atom is 0.318 e. The second-order valence-electron chi connectivity index (χ2n) is 11.1. The van der Waals surface area contributed by atoms with Crippen molar-refractivity contribution in [3.63, 3.8) is 0 Å². The lowest BCUT2D eigenvalue weighted by molar-refractivity contribution is -0.122. The van der Waals surface area contributed by atoms with Gasteiger partial charge in [-0.1, -0.05) is 6.07 Å². The SMILES string of the molecule is N#CC1(CC(=O)[C@H](CCC(F)(F)c2ccccn2)NC(=O)N2CC3(CCN(C4CC4)CC3)C2)CC1. The molecule has 0 bridgehead atoms. The Bertz CT molecular complexity index is 987. The number of nitrogens with zero attached hydrogens (tertiary/aromatic N) is 4. The third kappa shape index (κ3) is 5.32. The number of carbonyl (C=O) groups is 2. The van der Waals surface area contributed by atoms with Crippen molar-refractivity contribution in [2.45, 2.75) is 75.8 Å². The zero-order chi connectivity index (χ0) is 24.7. The molecule has 0 radical (unpaired) electrons. The molecule has 4 aliphatic rings. The molecule has 4 fully saturated rings. The van der Waals surface area contributed by atoms with E-state index in [0.717, 1.165) is 32.0 Å². The number of ketones is 1. The highest BCUT2D eigenvalue weighted by atomic mass is 19.3. The quantitative estimate of drug-likeness (QED) is 0.574. The number of halogens is 2. The van der Waals surface area contributed by atoms with Crippen molar-refractivity contribution >= 4 is 11.8 Å². The third-order valence-corrected chi connectivity index (χ3v) is 8.34. The highest BCUT2D eigenvalue weighted by Crippen LogP contribution is 2.48. The first kappa shape index (κ1) is 24.1. The molecule has 3 heterocycles. The number of pyridine rings is 1. The van der Waals surface area contributed by atoms with Gasteiger partial charge < -0.3 is 15.1 Å². The summed E-state index contributed by atoms with van der Waals surface area (Å²) in [4.78, 5) is 34.0. The number of amides is 2. The molecule has 1 atom stereocenters. The molecular formula is C26H33F2N5O2. The van der Waals surface area contributed by atoms with Crippen molar-refractivity contribution in [2.24, 2.45) is 10.8 Å². The highest BCUT2D eigenvalue weighted by Gasteiger charge is 2.49. The largest absolute Gasteiger partial charge is 0.328 e. The summed E-state index contributed by atoms with van der Waals surface area (Å²) in [6.45, 7) is 3.43. The van der Waals surface area contributed by atoms with Crippen LogP contribution in [0.4, 0.5) is 13.6 Å². The minimum Gasteiger partial charge on any atom is -0.328 e. The van der Waals surface area contributed by atoms with Crippen LogP contribution in [0.1, 0.15) is 63.5 Å². The maximum absolute atomic E-state index is 14.7. The van der Waals surface area contributed by atoms with Crippen LogP contribution >= 0.6 is 0 Å². The standard InChI is InChI=1S/C26H33F2N5O2/c27-26(28,22-3-1-2-12-30-22)7-6-20(21(34)15-24(16-29)8-9-24)31-23(35)33-17-25(18-33)10-13-32(14-11-25)19-4-5-19/h1-3,12,19-20H,4-11,13-15,17-18H2,(H,31,35)/t20-/m0/s1. The van der Waals surface area contributed by atoms with E-state index >= 15 is 0 Å². The number of carbonyl (C=O) groups excluding carboxylic acids is 2. The van der Waals surface area contributed by atoms with Gasteiger partial charge in [-0.15, -0.1) is 0 Å². The Kier molecular flexibility index (Phi) is 6.28. The molecule has 1 spiro atoms. The molecule has 1 aromatic heterocycles. The van der Waals surface area contributed by atoms with Crippen molar-refractivity contribution in [1.29, 1.82) is 5.26 Å². The van der Waals surface area contributed by atoms with Gasteiger partial charge in [-0.05, 0) is 70.2 Å². The zero-order valence-corrected chi connectivity index (χ0v) is 20.0. The number of rotatable bonds is 9. The van der Waals surface area contributed by atoms with Gasteiger partial charge in [-0.2, -0.15) is 14.0 Å². The molecule has 188 valence electrons. The summed E-state index contributed by atoms with van der Waals surface area (Å²) in [6.07, 6.45) is 6.47. The van der Waals surface area contributed by atoms with Crippen molar-refractivity contribution in [3.05, 3.63) is 30.1 Å². The fourth-order valence-corrected chi connectivity index (χ4v) is 5.55. The molecule has 9 heteroatoms. The van der Waals surface area contributed by atoms with E-state index in [1.54, 1.807) is 11.0 Å². The van der Waals surface area contributed by atoms with Crippen LogP contribution in [0.5, 0.6) is 0 Å². The smallest absolute Gasteiger partial charge is 0.318 e. The molecule has 1 aromatic rings. The van der Waals surface area contributed by atoms with Gasteiger partial charge in [0.1, 0.15) is 5.69 Å². The summed E-state index contributed by atoms with van der Waals surface area (Å²) >= 11 is 0. The van der Waals surface area contributed by atoms with E-state index in [2.05, 4.69) is 21.3 Å². The molecule has 2 aliphatic carbocycles. The lowest BCUT2D eigenvalue weighted by Crippen LogP contribution is -2.64. The van der Waals surface area contributed by atoms with Crippen molar-refractivity contribution in [1.82, 2.24) is 20.1 Å². The van der Waals surface area contributed by atoms with E-state index in [9.17, 15) is 23.6 Å². The van der Waals surface area contributed by atoms with Gasteiger partial charge in [0.2, 0.25) is 0 Å². The lowest BCUT2D eigenvalue weighted by atomic mass is 9.72. The molecule has 7 nitrogen and oxygen atoms in total. The van der Waals surface area contributed by atoms with E-state index in [4.69, 9.17) is 0 Å². The van der Waals surface area contributed by atoms with Gasteiger partial charge in [-0.3, -0.25) is 9.78 Å². The van der Waals surface area contributed by atoms with Gasteiger partial charge in [-0.25, -0.2) is 4.79 Å². The molecule has 2 aliphatic heterocycles. The van der Waals surface area contributed by atoms with Crippen LogP contribution in [-0.4, -0.2) is 64.9 Å². The first-order valence-corrected chi connectivity index (χ1v) is 12.8. The monoisotopic (exact) mass is 485 g/mol. The number of likely N-dealkylation sites (tertiary alicyclic amines) is 2. The third-order valence-electron chi connectivity index (χ3n) is 8.34. The Morgan fingerprint density at radius 3 is 2.49 bits per heavy atom. The number of piperidine rings is 1. The average Bonchev–Trinajstić information content (AvgIpc) is 3.76. The summed E-state index contributed by atoms with van der Waals surface area (Å²) in [6, 6.07) is 5.85. The predicted octanol–water partition coefficient (Wildman–Crippen LogP) is 3.85. The Labute approximate surface area is 204 Å². The van der Waals surface area contributed by atoms with Gasteiger partial charge in [0.15, 0.2) is 5.78 Å². The summed E-state index contributed by atoms with van der Waals surface area (Å²) in [5.41, 5.74) is -0.900. The number of alkyl halides is 2. The maximum atomic E-state index is 14.7. The molecule has 1 N–H and O–H groups in total. The fraction of sp³-hybridized carbons (Fsp3) is 0.692. The van der Waals surface area contributed by atoms with Crippen molar-refractivity contribution < 1.29 is 18.4 Å². The summed E-state index contributed by atoms with van der Waals surface area (Å²) in [5.74, 6) is -3.56. The minimum atomic E-state index is -3.21. The van der Waals surface area contributed by atoms with Gasteiger partial charge >= 0.3 is 6.03 Å². The number of nitriles is 1. The van der Waals surface area contributed by atoms with Crippen LogP contribution in [-0.2, 0) is 10.7 Å². The average molecular weight is 486 g/mol. The molecule has 0 unspecified atom stereocenters. The number of Topliss-reactive ketones (excluding diaryl/α,β-unsaturated/α-hetero) is 1. The van der Waals surface area contributed by atoms with Crippen LogP contribution in [0.2, 0.25) is 0 Å². The lowest BCUT2D eigenvalue weighted by Gasteiger charge is -2.54. The molecule has 2 amide bonds. The van der Waals surface area contributed by atoms with Crippen LogP contribution in [0.3, 0.4) is 0 Å². The van der Waals surface area contributed by atoms with Crippen LogP contribution in [0.15, 0.2) is 24.4 Å². The molecule has 5 rings (SSSR count). The number of hydrogen-bond acceptors (Lipinski definition) is 5. The second-order valence-corrected chi connectivity index (χ2v) is 11.1. The first-order chi connectivity index (χ1) is 16.7. The zero-order valence-electron chi connectivity index (χ0n) is 20.0. The van der Waals surface area contributed by atoms with Crippen LogP contribution < -0.4 is 5.32 Å². The van der Waals surface area contributed by atoms with Gasteiger partial charge in [0, 0.05) is 43.6 Å². The predicted molar refractivity (Wildman–Crippen MR) is 124 cm³/mol. The van der Waals surface area contributed by atoms with Gasteiger partial charge in [0.25, 0.3) is 5.92 Å². The highest BCUT2D eigenvalue weighted by molar-refractivity contribution is 5.89. The number of nitrogens with one attached hydrogen (secondary N) is 1. The molecular weight excluding hydrogens is 452 g/mol. The first-order valence-electron chi connectivity index (χ1n) is 12.8. The Morgan fingerprint density at radius 2 is 1.91 bits per heavy atom. The molecule has 35 heavy (non-hydrogen) atoms. The number of urea groups is 1. The fourth-order valence-electron chi connectivity index (χ4n) is 5.55. The second kappa shape index (κ2) is 9.12. The van der Waals surface area contributed by atoms with E-state index in [-0.39, 0.29) is 35.8 Å². The minimum absolute atomic E-state index is 0.00938. The number of aromatic nitrogens is 1. The van der Waals surface area contributed by atoms with E-state index < -0.39 is 23.8 Å². The molecule has 2 saturated heterocycles. The Morgan fingerprint density at radius 1 is 1.20 bits per heavy atom.